The number of hydrogen-bond donors (Lipinski definition) is 1. The third kappa shape index (κ3) is 4.05. The summed E-state index contributed by atoms with van der Waals surface area (Å²) in [6, 6.07) is 17.1. The highest BCUT2D eigenvalue weighted by atomic mass is 35.5. The Kier molecular flexibility index (Phi) is 5.39. The van der Waals surface area contributed by atoms with Gasteiger partial charge in [-0.3, -0.25) is 14.2 Å². The number of hydrogen-bond acceptors (Lipinski definition) is 4. The van der Waals surface area contributed by atoms with Gasteiger partial charge in [0.05, 0.1) is 16.9 Å². The number of aromatic nitrogens is 4. The number of para-hydroxylation sites is 1. The van der Waals surface area contributed by atoms with E-state index in [0.717, 1.165) is 12.0 Å². The highest BCUT2D eigenvalue weighted by Crippen LogP contribution is 2.21. The Bertz CT molecular complexity index is 1220. The summed E-state index contributed by atoms with van der Waals surface area (Å²) in [6.07, 6.45) is 3.53. The van der Waals surface area contributed by atoms with E-state index in [4.69, 9.17) is 11.6 Å². The molecule has 0 saturated heterocycles. The summed E-state index contributed by atoms with van der Waals surface area (Å²) >= 11 is 6.22. The normalized spacial score (nSPS) is 10.9. The molecular formula is C21H18ClN5O2. The summed E-state index contributed by atoms with van der Waals surface area (Å²) in [5.41, 5.74) is 1.84. The zero-order valence-corrected chi connectivity index (χ0v) is 16.2. The zero-order chi connectivity index (χ0) is 20.2. The van der Waals surface area contributed by atoms with Crippen LogP contribution < -0.4 is 10.9 Å². The predicted molar refractivity (Wildman–Crippen MR) is 111 cm³/mol. The van der Waals surface area contributed by atoms with Gasteiger partial charge >= 0.3 is 0 Å². The predicted octanol–water partition coefficient (Wildman–Crippen LogP) is 2.59. The van der Waals surface area contributed by atoms with E-state index in [0.29, 0.717) is 28.3 Å². The number of nitrogens with zero attached hydrogens (tertiary/aromatic N) is 4. The number of carbonyl (C=O) groups is 1. The molecule has 0 fully saturated rings. The Labute approximate surface area is 171 Å². The number of rotatable bonds is 6. The van der Waals surface area contributed by atoms with Crippen molar-refractivity contribution < 1.29 is 4.79 Å². The molecule has 1 N–H and O–H groups in total. The topological polar surface area (TPSA) is 81.8 Å². The van der Waals surface area contributed by atoms with E-state index in [9.17, 15) is 9.59 Å². The molecule has 0 saturated carbocycles. The van der Waals surface area contributed by atoms with Crippen molar-refractivity contribution in [3.05, 3.63) is 88.1 Å². The van der Waals surface area contributed by atoms with E-state index in [1.165, 1.54) is 21.8 Å². The van der Waals surface area contributed by atoms with Gasteiger partial charge in [0.15, 0.2) is 5.65 Å². The number of halogens is 1. The van der Waals surface area contributed by atoms with Crippen molar-refractivity contribution >= 4 is 28.5 Å². The quantitative estimate of drug-likeness (QED) is 0.532. The van der Waals surface area contributed by atoms with Crippen LogP contribution in [0.2, 0.25) is 5.02 Å². The maximum atomic E-state index is 12.7. The van der Waals surface area contributed by atoms with Crippen molar-refractivity contribution in [2.45, 2.75) is 13.0 Å². The van der Waals surface area contributed by atoms with E-state index >= 15 is 0 Å². The van der Waals surface area contributed by atoms with Gasteiger partial charge in [-0.15, -0.1) is 0 Å². The lowest BCUT2D eigenvalue weighted by Gasteiger charge is -2.08. The molecular weight excluding hydrogens is 390 g/mol. The van der Waals surface area contributed by atoms with E-state index < -0.39 is 0 Å². The average molecular weight is 408 g/mol. The Hall–Kier alpha value is -3.45. The highest BCUT2D eigenvalue weighted by molar-refractivity contribution is 6.32. The fourth-order valence-corrected chi connectivity index (χ4v) is 3.28. The van der Waals surface area contributed by atoms with Crippen LogP contribution in [0.1, 0.15) is 5.56 Å². The molecule has 0 spiro atoms. The first-order valence-corrected chi connectivity index (χ1v) is 9.50. The number of benzene rings is 2. The van der Waals surface area contributed by atoms with Crippen LogP contribution in [-0.2, 0) is 17.8 Å². The second-order valence-corrected chi connectivity index (χ2v) is 6.92. The third-order valence-electron chi connectivity index (χ3n) is 4.53. The first kappa shape index (κ1) is 18.9. The first-order chi connectivity index (χ1) is 14.1. The van der Waals surface area contributed by atoms with Crippen molar-refractivity contribution in [1.82, 2.24) is 24.6 Å². The minimum Gasteiger partial charge on any atom is -0.354 e. The smallest absolute Gasteiger partial charge is 0.264 e. The minimum atomic E-state index is -0.327. The lowest BCUT2D eigenvalue weighted by Crippen LogP contribution is -2.33. The van der Waals surface area contributed by atoms with E-state index in [-0.39, 0.29) is 18.0 Å². The van der Waals surface area contributed by atoms with Crippen LogP contribution in [-0.4, -0.2) is 31.8 Å². The monoisotopic (exact) mass is 407 g/mol. The van der Waals surface area contributed by atoms with Crippen LogP contribution in [0.15, 0.2) is 71.9 Å². The summed E-state index contributed by atoms with van der Waals surface area (Å²) < 4.78 is 2.79. The summed E-state index contributed by atoms with van der Waals surface area (Å²) in [5.74, 6) is -0.248. The second-order valence-electron chi connectivity index (χ2n) is 6.51. The van der Waals surface area contributed by atoms with Gasteiger partial charge in [-0.2, -0.15) is 5.10 Å². The molecule has 4 rings (SSSR count). The molecule has 0 radical (unpaired) electrons. The molecule has 0 aliphatic carbocycles. The maximum absolute atomic E-state index is 12.7. The molecule has 8 heteroatoms. The fraction of sp³-hybridized carbons (Fsp3) is 0.143. The third-order valence-corrected chi connectivity index (χ3v) is 4.85. The van der Waals surface area contributed by atoms with Gasteiger partial charge in [0.25, 0.3) is 5.56 Å². The lowest BCUT2D eigenvalue weighted by atomic mass is 10.1. The summed E-state index contributed by atoms with van der Waals surface area (Å²) in [7, 11) is 0. The molecule has 2 heterocycles. The molecule has 0 aliphatic heterocycles. The average Bonchev–Trinajstić information content (AvgIpc) is 3.16. The van der Waals surface area contributed by atoms with Gasteiger partial charge < -0.3 is 5.32 Å². The fourth-order valence-electron chi connectivity index (χ4n) is 3.06. The second kappa shape index (κ2) is 8.28. The largest absolute Gasteiger partial charge is 0.354 e. The summed E-state index contributed by atoms with van der Waals surface area (Å²) in [6.45, 7) is 0.394. The Morgan fingerprint density at radius 3 is 2.62 bits per heavy atom. The molecule has 0 atom stereocenters. The molecule has 2 aromatic carbocycles. The number of amides is 1. The molecule has 4 aromatic rings. The maximum Gasteiger partial charge on any atom is 0.264 e. The van der Waals surface area contributed by atoms with E-state index in [1.54, 1.807) is 12.1 Å². The van der Waals surface area contributed by atoms with Gasteiger partial charge in [0.1, 0.15) is 18.3 Å². The Balaban J connectivity index is 1.49. The molecule has 0 aliphatic rings. The molecule has 29 heavy (non-hydrogen) atoms. The minimum absolute atomic E-state index is 0.103. The number of carbonyl (C=O) groups excluding carboxylic acids is 1. The van der Waals surface area contributed by atoms with Crippen LogP contribution in [0, 0.1) is 0 Å². The Morgan fingerprint density at radius 2 is 1.83 bits per heavy atom. The van der Waals surface area contributed by atoms with Gasteiger partial charge in [0, 0.05) is 6.54 Å². The highest BCUT2D eigenvalue weighted by Gasteiger charge is 2.14. The molecule has 7 nitrogen and oxygen atoms in total. The summed E-state index contributed by atoms with van der Waals surface area (Å²) in [4.78, 5) is 29.3. The molecule has 2 aromatic heterocycles. The molecule has 0 bridgehead atoms. The van der Waals surface area contributed by atoms with Crippen molar-refractivity contribution in [2.24, 2.45) is 0 Å². The van der Waals surface area contributed by atoms with Crippen molar-refractivity contribution in [2.75, 3.05) is 6.54 Å². The molecule has 146 valence electrons. The van der Waals surface area contributed by atoms with Gasteiger partial charge in [0.2, 0.25) is 5.91 Å². The molecule has 0 unspecified atom stereocenters. The van der Waals surface area contributed by atoms with Crippen LogP contribution in [0.5, 0.6) is 0 Å². The van der Waals surface area contributed by atoms with Crippen molar-refractivity contribution in [3.63, 3.8) is 0 Å². The van der Waals surface area contributed by atoms with Crippen molar-refractivity contribution in [1.29, 1.82) is 0 Å². The van der Waals surface area contributed by atoms with Crippen LogP contribution >= 0.6 is 11.6 Å². The number of fused-ring (bicyclic) bond motifs is 1. The van der Waals surface area contributed by atoms with E-state index in [2.05, 4.69) is 15.4 Å². The standard InChI is InChI=1S/C21H18ClN5O2/c22-17-8-4-5-9-18(17)27-20-16(12-25-27)21(29)26(14-24-20)13-19(28)23-11-10-15-6-2-1-3-7-15/h1-9,12,14H,10-11,13H2,(H,23,28). The van der Waals surface area contributed by atoms with Gasteiger partial charge in [-0.05, 0) is 24.1 Å². The van der Waals surface area contributed by atoms with Crippen LogP contribution in [0.4, 0.5) is 0 Å². The first-order valence-electron chi connectivity index (χ1n) is 9.12. The lowest BCUT2D eigenvalue weighted by molar-refractivity contribution is -0.121. The van der Waals surface area contributed by atoms with Crippen molar-refractivity contribution in [3.8, 4) is 5.69 Å². The van der Waals surface area contributed by atoms with Gasteiger partial charge in [-0.1, -0.05) is 54.1 Å². The number of nitrogens with one attached hydrogen (secondary N) is 1. The van der Waals surface area contributed by atoms with Gasteiger partial charge in [-0.25, -0.2) is 9.67 Å². The summed E-state index contributed by atoms with van der Waals surface area (Å²) in [5, 5.41) is 7.90. The molecule has 1 amide bonds. The van der Waals surface area contributed by atoms with Crippen LogP contribution in [0.25, 0.3) is 16.7 Å². The van der Waals surface area contributed by atoms with Crippen LogP contribution in [0.3, 0.4) is 0 Å². The Morgan fingerprint density at radius 1 is 1.07 bits per heavy atom. The van der Waals surface area contributed by atoms with E-state index in [1.807, 2.05) is 42.5 Å². The zero-order valence-electron chi connectivity index (χ0n) is 15.5. The SMILES string of the molecule is O=C(Cn1cnc2c(cnn2-c2ccccc2Cl)c1=O)NCCc1ccccc1.